The molecule has 24 heavy (non-hydrogen) atoms. The molecule has 5 heteroatoms. The van der Waals surface area contributed by atoms with Gasteiger partial charge >= 0.3 is 5.97 Å². The quantitative estimate of drug-likeness (QED) is 0.919. The van der Waals surface area contributed by atoms with Crippen molar-refractivity contribution in [2.75, 3.05) is 18.0 Å². The van der Waals surface area contributed by atoms with Crippen molar-refractivity contribution in [3.63, 3.8) is 0 Å². The largest absolute Gasteiger partial charge is 0.480 e. The molecule has 1 atom stereocenters. The number of benzene rings is 2. The zero-order valence-electron chi connectivity index (χ0n) is 13.3. The Morgan fingerprint density at radius 1 is 1.00 bits per heavy atom. The molecule has 124 valence electrons. The third-order valence-corrected chi connectivity index (χ3v) is 4.29. The first-order valence-corrected chi connectivity index (χ1v) is 8.07. The lowest BCUT2D eigenvalue weighted by molar-refractivity contribution is -0.147. The van der Waals surface area contributed by atoms with Crippen molar-refractivity contribution in [3.8, 4) is 0 Å². The summed E-state index contributed by atoms with van der Waals surface area (Å²) in [7, 11) is 0. The Hall–Kier alpha value is -2.82. The number of rotatable bonds is 5. The molecule has 1 N–H and O–H groups in total. The highest BCUT2D eigenvalue weighted by atomic mass is 16.4. The van der Waals surface area contributed by atoms with Crippen LogP contribution in [0.4, 0.5) is 11.4 Å². The molecule has 0 saturated carbocycles. The number of carboxylic acids is 1. The maximum absolute atomic E-state index is 12.7. The number of carboxylic acid groups (broad SMARTS) is 1. The van der Waals surface area contributed by atoms with E-state index in [-0.39, 0.29) is 12.5 Å². The number of nitrogens with zero attached hydrogens (tertiary/aromatic N) is 2. The summed E-state index contributed by atoms with van der Waals surface area (Å²) in [6, 6.07) is 18.6. The van der Waals surface area contributed by atoms with E-state index in [4.69, 9.17) is 0 Å². The van der Waals surface area contributed by atoms with Crippen LogP contribution in [-0.2, 0) is 9.59 Å². The van der Waals surface area contributed by atoms with E-state index in [0.29, 0.717) is 13.0 Å². The number of likely N-dealkylation sites (tertiary alicyclic amines) is 1. The van der Waals surface area contributed by atoms with Crippen molar-refractivity contribution >= 4 is 23.3 Å². The molecule has 0 unspecified atom stereocenters. The Kier molecular flexibility index (Phi) is 4.79. The molecular weight excluding hydrogens is 304 g/mol. The Morgan fingerprint density at radius 3 is 2.04 bits per heavy atom. The lowest BCUT2D eigenvalue weighted by Crippen LogP contribution is -2.44. The molecule has 0 aliphatic carbocycles. The van der Waals surface area contributed by atoms with Crippen molar-refractivity contribution in [2.24, 2.45) is 0 Å². The second-order valence-corrected chi connectivity index (χ2v) is 5.84. The molecule has 3 rings (SSSR count). The Labute approximate surface area is 141 Å². The maximum atomic E-state index is 12.7. The maximum Gasteiger partial charge on any atom is 0.326 e. The van der Waals surface area contributed by atoms with E-state index in [1.54, 1.807) is 0 Å². The van der Waals surface area contributed by atoms with Gasteiger partial charge < -0.3 is 14.9 Å². The van der Waals surface area contributed by atoms with E-state index < -0.39 is 12.0 Å². The van der Waals surface area contributed by atoms with Crippen molar-refractivity contribution < 1.29 is 14.7 Å². The van der Waals surface area contributed by atoms with Gasteiger partial charge in [-0.05, 0) is 37.1 Å². The molecule has 5 nitrogen and oxygen atoms in total. The van der Waals surface area contributed by atoms with Crippen molar-refractivity contribution in [3.05, 3.63) is 60.7 Å². The lowest BCUT2D eigenvalue weighted by Gasteiger charge is -2.28. The van der Waals surface area contributed by atoms with Crippen LogP contribution in [0.2, 0.25) is 0 Å². The van der Waals surface area contributed by atoms with Crippen molar-refractivity contribution in [1.29, 1.82) is 0 Å². The number of carbonyl (C=O) groups is 2. The Balaban J connectivity index is 1.85. The normalized spacial score (nSPS) is 16.8. The van der Waals surface area contributed by atoms with Crippen LogP contribution in [0.5, 0.6) is 0 Å². The summed E-state index contributed by atoms with van der Waals surface area (Å²) in [4.78, 5) is 27.5. The third kappa shape index (κ3) is 3.40. The number of anilines is 2. The summed E-state index contributed by atoms with van der Waals surface area (Å²) in [5, 5.41) is 9.29. The van der Waals surface area contributed by atoms with Crippen LogP contribution in [0.15, 0.2) is 60.7 Å². The lowest BCUT2D eigenvalue weighted by atomic mass is 10.2. The molecule has 1 fully saturated rings. The van der Waals surface area contributed by atoms with Gasteiger partial charge in [0.05, 0.1) is 0 Å². The summed E-state index contributed by atoms with van der Waals surface area (Å²) in [6.45, 7) is 0.630. The molecule has 0 spiro atoms. The highest BCUT2D eigenvalue weighted by Gasteiger charge is 2.34. The molecular formula is C19H20N2O3. The third-order valence-electron chi connectivity index (χ3n) is 4.29. The fourth-order valence-corrected chi connectivity index (χ4v) is 3.10. The number of hydrogen-bond acceptors (Lipinski definition) is 3. The monoisotopic (exact) mass is 324 g/mol. The summed E-state index contributed by atoms with van der Waals surface area (Å²) in [5.74, 6) is -1.08. The number of carbonyl (C=O) groups excluding carboxylic acids is 1. The zero-order valence-corrected chi connectivity index (χ0v) is 13.3. The van der Waals surface area contributed by atoms with Crippen LogP contribution < -0.4 is 4.90 Å². The van der Waals surface area contributed by atoms with E-state index in [1.807, 2.05) is 65.6 Å². The molecule has 2 aromatic carbocycles. The van der Waals surface area contributed by atoms with Crippen LogP contribution in [0.3, 0.4) is 0 Å². The SMILES string of the molecule is O=C(O)[C@@H]1CCCN1C(=O)CN(c1ccccc1)c1ccccc1. The molecule has 2 aromatic rings. The van der Waals surface area contributed by atoms with E-state index in [9.17, 15) is 14.7 Å². The number of hydrogen-bond donors (Lipinski definition) is 1. The summed E-state index contributed by atoms with van der Waals surface area (Å²) in [6.07, 6.45) is 1.26. The zero-order chi connectivity index (χ0) is 16.9. The highest BCUT2D eigenvalue weighted by Crippen LogP contribution is 2.26. The van der Waals surface area contributed by atoms with Gasteiger partial charge in [0.25, 0.3) is 0 Å². The second kappa shape index (κ2) is 7.17. The molecule has 0 bridgehead atoms. The van der Waals surface area contributed by atoms with Gasteiger partial charge in [-0.25, -0.2) is 4.79 Å². The Morgan fingerprint density at radius 2 is 1.54 bits per heavy atom. The van der Waals surface area contributed by atoms with Gasteiger partial charge in [-0.1, -0.05) is 36.4 Å². The minimum absolute atomic E-state index is 0.123. The van der Waals surface area contributed by atoms with Gasteiger partial charge in [0.2, 0.25) is 5.91 Å². The summed E-state index contributed by atoms with van der Waals surface area (Å²) < 4.78 is 0. The number of aliphatic carboxylic acids is 1. The smallest absolute Gasteiger partial charge is 0.326 e. The van der Waals surface area contributed by atoms with Gasteiger partial charge in [0.15, 0.2) is 0 Å². The van der Waals surface area contributed by atoms with Gasteiger partial charge in [-0.2, -0.15) is 0 Å². The van der Waals surface area contributed by atoms with Gasteiger partial charge in [0, 0.05) is 17.9 Å². The molecule has 1 amide bonds. The average molecular weight is 324 g/mol. The minimum Gasteiger partial charge on any atom is -0.480 e. The number of para-hydroxylation sites is 2. The van der Waals surface area contributed by atoms with E-state index in [2.05, 4.69) is 0 Å². The second-order valence-electron chi connectivity index (χ2n) is 5.84. The van der Waals surface area contributed by atoms with Gasteiger partial charge in [0.1, 0.15) is 12.6 Å². The van der Waals surface area contributed by atoms with Crippen molar-refractivity contribution in [2.45, 2.75) is 18.9 Å². The van der Waals surface area contributed by atoms with E-state index in [1.165, 1.54) is 4.90 Å². The fraction of sp³-hybridized carbons (Fsp3) is 0.263. The van der Waals surface area contributed by atoms with Crippen LogP contribution in [0.1, 0.15) is 12.8 Å². The fourth-order valence-electron chi connectivity index (χ4n) is 3.10. The van der Waals surface area contributed by atoms with Crippen LogP contribution in [0, 0.1) is 0 Å². The minimum atomic E-state index is -0.924. The molecule has 0 radical (unpaired) electrons. The van der Waals surface area contributed by atoms with Gasteiger partial charge in [-0.3, -0.25) is 4.79 Å². The number of amides is 1. The summed E-state index contributed by atoms with van der Waals surface area (Å²) >= 11 is 0. The van der Waals surface area contributed by atoms with E-state index in [0.717, 1.165) is 17.8 Å². The molecule has 1 aliphatic rings. The molecule has 1 saturated heterocycles. The first-order chi connectivity index (χ1) is 11.7. The average Bonchev–Trinajstić information content (AvgIpc) is 3.11. The molecule has 1 heterocycles. The van der Waals surface area contributed by atoms with Gasteiger partial charge in [-0.15, -0.1) is 0 Å². The topological polar surface area (TPSA) is 60.9 Å². The van der Waals surface area contributed by atoms with Crippen LogP contribution in [-0.4, -0.2) is 41.0 Å². The summed E-state index contributed by atoms with van der Waals surface area (Å²) in [5.41, 5.74) is 1.81. The van der Waals surface area contributed by atoms with E-state index >= 15 is 0 Å². The first kappa shape index (κ1) is 16.1. The standard InChI is InChI=1S/C19H20N2O3/c22-18(20-13-7-12-17(20)19(23)24)14-21(15-8-3-1-4-9-15)16-10-5-2-6-11-16/h1-6,8-11,17H,7,12-14H2,(H,23,24)/t17-/m0/s1. The van der Waals surface area contributed by atoms with Crippen molar-refractivity contribution in [1.82, 2.24) is 4.90 Å². The highest BCUT2D eigenvalue weighted by molar-refractivity contribution is 5.88. The Bertz CT molecular complexity index is 664. The molecule has 1 aliphatic heterocycles. The molecule has 0 aromatic heterocycles. The predicted molar refractivity (Wildman–Crippen MR) is 92.3 cm³/mol. The predicted octanol–water partition coefficient (Wildman–Crippen LogP) is 2.90. The first-order valence-electron chi connectivity index (χ1n) is 8.07. The van der Waals surface area contributed by atoms with Crippen LogP contribution >= 0.6 is 0 Å². The van der Waals surface area contributed by atoms with Crippen LogP contribution in [0.25, 0.3) is 0 Å².